The molecule has 1 nitrogen and oxygen atoms in total. The quantitative estimate of drug-likeness (QED) is 0.306. The third-order valence-electron chi connectivity index (χ3n) is 6.15. The molecule has 1 heteroatoms. The number of allylic oxidation sites excluding steroid dienone is 3. The minimum Gasteiger partial charge on any atom is -0.412 e. The number of benzene rings is 4. The molecule has 4 aromatic carbocycles. The van der Waals surface area contributed by atoms with Crippen LogP contribution in [-0.2, 0) is 0 Å². The maximum atomic E-state index is 4.52. The van der Waals surface area contributed by atoms with Crippen molar-refractivity contribution in [2.45, 2.75) is 25.7 Å². The Hall–Kier alpha value is -3.42. The average Bonchev–Trinajstić information content (AvgIpc) is 2.95. The van der Waals surface area contributed by atoms with Crippen LogP contribution in [0.2, 0.25) is 0 Å². The van der Waals surface area contributed by atoms with Gasteiger partial charge in [0, 0.05) is 0 Å². The van der Waals surface area contributed by atoms with E-state index in [0.717, 1.165) is 12.8 Å². The van der Waals surface area contributed by atoms with E-state index in [9.17, 15) is 0 Å². The lowest BCUT2D eigenvalue weighted by Crippen LogP contribution is -1.91. The summed E-state index contributed by atoms with van der Waals surface area (Å²) in [5.41, 5.74) is 6.46. The number of hydrogen-bond donors (Lipinski definition) is 0. The second-order valence-corrected chi connectivity index (χ2v) is 8.24. The first-order valence-electron chi connectivity index (χ1n) is 10.8. The molecule has 4 aromatic rings. The molecule has 1 aliphatic rings. The fourth-order valence-electron chi connectivity index (χ4n) is 4.45. The normalized spacial score (nSPS) is 17.1. The van der Waals surface area contributed by atoms with Crippen molar-refractivity contribution in [1.82, 2.24) is 0 Å². The Bertz CT molecular complexity index is 1210. The fourth-order valence-corrected chi connectivity index (χ4v) is 4.45. The minimum atomic E-state index is 0. The maximum absolute atomic E-state index is 4.52. The van der Waals surface area contributed by atoms with Crippen molar-refractivity contribution in [3.8, 4) is 0 Å². The van der Waals surface area contributed by atoms with Crippen LogP contribution >= 0.6 is 0 Å². The summed E-state index contributed by atoms with van der Waals surface area (Å²) in [5, 5.41) is 5.16. The molecule has 2 N–H and O–H groups in total. The van der Waals surface area contributed by atoms with E-state index in [0.29, 0.717) is 0 Å². The summed E-state index contributed by atoms with van der Waals surface area (Å²) < 4.78 is 0. The van der Waals surface area contributed by atoms with E-state index in [1.54, 1.807) is 0 Å². The molecule has 0 radical (unpaired) electrons. The van der Waals surface area contributed by atoms with Crippen LogP contribution < -0.4 is 0 Å². The van der Waals surface area contributed by atoms with E-state index < -0.39 is 0 Å². The molecular weight excluding hydrogens is 376 g/mol. The van der Waals surface area contributed by atoms with E-state index in [-0.39, 0.29) is 5.48 Å². The van der Waals surface area contributed by atoms with Gasteiger partial charge >= 0.3 is 0 Å². The summed E-state index contributed by atoms with van der Waals surface area (Å²) >= 11 is 0. The molecule has 1 saturated carbocycles. The molecule has 0 atom stereocenters. The van der Waals surface area contributed by atoms with Crippen molar-refractivity contribution >= 4 is 33.7 Å². The molecule has 154 valence electrons. The lowest BCUT2D eigenvalue weighted by molar-refractivity contribution is 0.765. The first kappa shape index (κ1) is 20.8. The van der Waals surface area contributed by atoms with Crippen LogP contribution in [0.1, 0.15) is 36.8 Å². The van der Waals surface area contributed by atoms with E-state index in [2.05, 4.69) is 104 Å². The summed E-state index contributed by atoms with van der Waals surface area (Å²) in [6.45, 7) is 4.52. The van der Waals surface area contributed by atoms with Crippen LogP contribution in [0, 0.1) is 0 Å². The molecule has 0 aliphatic heterocycles. The van der Waals surface area contributed by atoms with Gasteiger partial charge in [0.2, 0.25) is 0 Å². The first-order valence-corrected chi connectivity index (χ1v) is 10.8. The summed E-state index contributed by atoms with van der Waals surface area (Å²) in [4.78, 5) is 0. The summed E-state index contributed by atoms with van der Waals surface area (Å²) in [6.07, 6.45) is 9.31. The van der Waals surface area contributed by atoms with Gasteiger partial charge in [0.05, 0.1) is 0 Å². The predicted octanol–water partition coefficient (Wildman–Crippen LogP) is 7.77. The lowest BCUT2D eigenvalue weighted by atomic mass is 9.94. The van der Waals surface area contributed by atoms with Crippen LogP contribution in [0.15, 0.2) is 108 Å². The molecule has 1 fully saturated rings. The van der Waals surface area contributed by atoms with Gasteiger partial charge in [0.15, 0.2) is 0 Å². The van der Waals surface area contributed by atoms with Gasteiger partial charge in [-0.25, -0.2) is 0 Å². The van der Waals surface area contributed by atoms with Crippen molar-refractivity contribution in [2.24, 2.45) is 0 Å². The Labute approximate surface area is 184 Å². The molecule has 0 spiro atoms. The van der Waals surface area contributed by atoms with E-state index in [1.807, 2.05) is 0 Å². The van der Waals surface area contributed by atoms with Gasteiger partial charge in [0.1, 0.15) is 0 Å². The molecule has 0 unspecified atom stereocenters. The predicted molar refractivity (Wildman–Crippen MR) is 135 cm³/mol. The van der Waals surface area contributed by atoms with Gasteiger partial charge in [0.25, 0.3) is 0 Å². The standard InChI is InChI=1S/C30H26.H2O/c1-22-27(18-23-14-16-25-8-2-6-12-29(25)20-23)10-4-5-11-28(22)19-24-15-17-26-9-3-7-13-30(26)21-24;/h2-3,6-9,12-21H,1,4-5,10-11H2;1H2/b27-18+,28-19+;. The molecule has 0 heterocycles. The van der Waals surface area contributed by atoms with Gasteiger partial charge in [-0.15, -0.1) is 0 Å². The molecule has 0 aromatic heterocycles. The van der Waals surface area contributed by atoms with Gasteiger partial charge in [-0.05, 0) is 87.2 Å². The Morgan fingerprint density at radius 2 is 0.968 bits per heavy atom. The highest BCUT2D eigenvalue weighted by Crippen LogP contribution is 2.34. The van der Waals surface area contributed by atoms with Crippen molar-refractivity contribution in [3.63, 3.8) is 0 Å². The van der Waals surface area contributed by atoms with E-state index in [4.69, 9.17) is 0 Å². The zero-order chi connectivity index (χ0) is 20.3. The summed E-state index contributed by atoms with van der Waals surface area (Å²) in [6, 6.07) is 30.6. The maximum Gasteiger partial charge on any atom is -0.0178 e. The van der Waals surface area contributed by atoms with Crippen LogP contribution in [0.5, 0.6) is 0 Å². The first-order chi connectivity index (χ1) is 14.8. The highest BCUT2D eigenvalue weighted by molar-refractivity contribution is 5.86. The second kappa shape index (κ2) is 9.16. The smallest absolute Gasteiger partial charge is 0.0178 e. The molecule has 31 heavy (non-hydrogen) atoms. The Balaban J connectivity index is 0.00000231. The van der Waals surface area contributed by atoms with E-state index >= 15 is 0 Å². The van der Waals surface area contributed by atoms with Gasteiger partial charge < -0.3 is 5.48 Å². The molecule has 0 amide bonds. The topological polar surface area (TPSA) is 31.5 Å². The minimum absolute atomic E-state index is 0. The average molecular weight is 405 g/mol. The highest BCUT2D eigenvalue weighted by atomic mass is 16.0. The van der Waals surface area contributed by atoms with Crippen molar-refractivity contribution in [1.29, 1.82) is 0 Å². The Morgan fingerprint density at radius 1 is 0.548 bits per heavy atom. The zero-order valence-corrected chi connectivity index (χ0v) is 17.8. The van der Waals surface area contributed by atoms with E-state index in [1.165, 1.54) is 62.2 Å². The monoisotopic (exact) mass is 404 g/mol. The Morgan fingerprint density at radius 3 is 1.42 bits per heavy atom. The lowest BCUT2D eigenvalue weighted by Gasteiger charge is -2.11. The summed E-state index contributed by atoms with van der Waals surface area (Å²) in [7, 11) is 0. The van der Waals surface area contributed by atoms with Gasteiger partial charge in [-0.2, -0.15) is 0 Å². The molecule has 1 aliphatic carbocycles. The third-order valence-corrected chi connectivity index (χ3v) is 6.15. The molecular formula is C30H28O. The van der Waals surface area contributed by atoms with Crippen LogP contribution in [-0.4, -0.2) is 5.48 Å². The third kappa shape index (κ3) is 4.52. The van der Waals surface area contributed by atoms with Gasteiger partial charge in [-0.1, -0.05) is 91.5 Å². The Kier molecular flexibility index (Phi) is 6.16. The number of rotatable bonds is 2. The van der Waals surface area contributed by atoms with Crippen LogP contribution in [0.25, 0.3) is 33.7 Å². The second-order valence-electron chi connectivity index (χ2n) is 8.24. The highest BCUT2D eigenvalue weighted by Gasteiger charge is 2.14. The number of hydrogen-bond acceptors (Lipinski definition) is 0. The van der Waals surface area contributed by atoms with Crippen molar-refractivity contribution < 1.29 is 5.48 Å². The van der Waals surface area contributed by atoms with Crippen LogP contribution in [0.3, 0.4) is 0 Å². The fraction of sp³-hybridized carbons (Fsp3) is 0.133. The largest absolute Gasteiger partial charge is 0.412 e. The van der Waals surface area contributed by atoms with Crippen molar-refractivity contribution in [3.05, 3.63) is 119 Å². The zero-order valence-electron chi connectivity index (χ0n) is 17.8. The van der Waals surface area contributed by atoms with Crippen molar-refractivity contribution in [2.75, 3.05) is 0 Å². The molecule has 5 rings (SSSR count). The van der Waals surface area contributed by atoms with Gasteiger partial charge in [-0.3, -0.25) is 0 Å². The molecule has 0 bridgehead atoms. The SMILES string of the molecule is C=C1/C(=C/c2ccc3ccccc3c2)CCCC/C1=C\c1ccc2ccccc2c1.O. The number of fused-ring (bicyclic) bond motifs is 2. The van der Waals surface area contributed by atoms with Crippen LogP contribution in [0.4, 0.5) is 0 Å². The summed E-state index contributed by atoms with van der Waals surface area (Å²) in [5.74, 6) is 0. The molecule has 0 saturated heterocycles.